The molecule has 0 unspecified atom stereocenters. The third-order valence-corrected chi connectivity index (χ3v) is 6.43. The van der Waals surface area contributed by atoms with E-state index < -0.39 is 16.1 Å². The summed E-state index contributed by atoms with van der Waals surface area (Å²) in [6.45, 7) is 2.11. The quantitative estimate of drug-likeness (QED) is 0.845. The maximum atomic E-state index is 13.2. The van der Waals surface area contributed by atoms with E-state index in [1.54, 1.807) is 38.4 Å². The topological polar surface area (TPSA) is 57.7 Å². The second-order valence-electron chi connectivity index (χ2n) is 6.58. The Labute approximate surface area is 148 Å². The number of nitrogens with zero attached hydrogens (tertiary/aromatic N) is 2. The van der Waals surface area contributed by atoms with Crippen LogP contribution in [0.3, 0.4) is 0 Å². The zero-order valence-electron chi connectivity index (χ0n) is 14.6. The van der Waals surface area contributed by atoms with Gasteiger partial charge in [-0.2, -0.15) is 4.31 Å². The van der Waals surface area contributed by atoms with Crippen molar-refractivity contribution in [1.82, 2.24) is 9.21 Å². The summed E-state index contributed by atoms with van der Waals surface area (Å²) < 4.78 is 27.7. The number of rotatable bonds is 3. The van der Waals surface area contributed by atoms with Gasteiger partial charge in [-0.25, -0.2) is 8.42 Å². The predicted octanol–water partition coefficient (Wildman–Crippen LogP) is 2.20. The van der Waals surface area contributed by atoms with E-state index in [0.717, 1.165) is 16.7 Å². The molecule has 25 heavy (non-hydrogen) atoms. The van der Waals surface area contributed by atoms with E-state index in [1.807, 2.05) is 31.2 Å². The first kappa shape index (κ1) is 17.6. The fraction of sp³-hybridized carbons (Fsp3) is 0.316. The number of fused-ring (bicyclic) bond motifs is 1. The van der Waals surface area contributed by atoms with Gasteiger partial charge in [0, 0.05) is 20.6 Å². The van der Waals surface area contributed by atoms with Crippen LogP contribution in [0.1, 0.15) is 16.7 Å². The van der Waals surface area contributed by atoms with Crippen molar-refractivity contribution in [3.8, 4) is 0 Å². The number of hydrogen-bond acceptors (Lipinski definition) is 3. The van der Waals surface area contributed by atoms with Crippen molar-refractivity contribution in [2.45, 2.75) is 30.8 Å². The van der Waals surface area contributed by atoms with Crippen LogP contribution in [0.4, 0.5) is 0 Å². The van der Waals surface area contributed by atoms with E-state index in [9.17, 15) is 13.2 Å². The molecule has 1 aliphatic heterocycles. The Morgan fingerprint density at radius 3 is 2.24 bits per heavy atom. The molecule has 0 N–H and O–H groups in total. The van der Waals surface area contributed by atoms with Gasteiger partial charge in [0.1, 0.15) is 6.04 Å². The number of likely N-dealkylation sites (N-methyl/N-ethyl adjacent to an activating group) is 1. The number of sulfonamides is 1. The van der Waals surface area contributed by atoms with Gasteiger partial charge in [-0.1, -0.05) is 42.0 Å². The largest absolute Gasteiger partial charge is 0.347 e. The van der Waals surface area contributed by atoms with E-state index in [-0.39, 0.29) is 17.3 Å². The third-order valence-electron chi connectivity index (χ3n) is 4.56. The molecule has 1 amide bonds. The molecule has 5 nitrogen and oxygen atoms in total. The zero-order valence-corrected chi connectivity index (χ0v) is 15.5. The van der Waals surface area contributed by atoms with Gasteiger partial charge in [0.15, 0.2) is 0 Å². The minimum atomic E-state index is -3.76. The Kier molecular flexibility index (Phi) is 4.67. The van der Waals surface area contributed by atoms with Gasteiger partial charge in [0.2, 0.25) is 15.9 Å². The molecule has 1 atom stereocenters. The van der Waals surface area contributed by atoms with Crippen LogP contribution < -0.4 is 0 Å². The van der Waals surface area contributed by atoms with Crippen molar-refractivity contribution in [2.75, 3.05) is 14.1 Å². The van der Waals surface area contributed by atoms with Crippen LogP contribution >= 0.6 is 0 Å². The van der Waals surface area contributed by atoms with Crippen molar-refractivity contribution < 1.29 is 13.2 Å². The van der Waals surface area contributed by atoms with Gasteiger partial charge < -0.3 is 4.90 Å². The molecule has 0 aliphatic carbocycles. The van der Waals surface area contributed by atoms with Crippen LogP contribution in [-0.2, 0) is 27.8 Å². The number of aryl methyl sites for hydroxylation is 1. The molecule has 0 spiro atoms. The molecule has 0 bridgehead atoms. The lowest BCUT2D eigenvalue weighted by atomic mass is 9.95. The molecule has 1 heterocycles. The minimum absolute atomic E-state index is 0.204. The lowest BCUT2D eigenvalue weighted by Gasteiger charge is -2.36. The van der Waals surface area contributed by atoms with Gasteiger partial charge >= 0.3 is 0 Å². The smallest absolute Gasteiger partial charge is 0.244 e. The van der Waals surface area contributed by atoms with Gasteiger partial charge in [-0.3, -0.25) is 4.79 Å². The highest BCUT2D eigenvalue weighted by molar-refractivity contribution is 7.89. The molecule has 0 saturated heterocycles. The van der Waals surface area contributed by atoms with Crippen molar-refractivity contribution in [2.24, 2.45) is 0 Å². The number of carbonyl (C=O) groups is 1. The van der Waals surface area contributed by atoms with E-state index in [4.69, 9.17) is 0 Å². The summed E-state index contributed by atoms with van der Waals surface area (Å²) in [6.07, 6.45) is 0.387. The maximum absolute atomic E-state index is 13.2. The summed E-state index contributed by atoms with van der Waals surface area (Å²) in [7, 11) is -0.459. The average Bonchev–Trinajstić information content (AvgIpc) is 2.60. The lowest BCUT2D eigenvalue weighted by molar-refractivity contribution is -0.133. The fourth-order valence-corrected chi connectivity index (χ4v) is 4.67. The Morgan fingerprint density at radius 1 is 1.04 bits per heavy atom. The molecule has 1 aliphatic rings. The molecule has 6 heteroatoms. The van der Waals surface area contributed by atoms with Crippen molar-refractivity contribution in [1.29, 1.82) is 0 Å². The van der Waals surface area contributed by atoms with Crippen LogP contribution in [-0.4, -0.2) is 43.7 Å². The summed E-state index contributed by atoms with van der Waals surface area (Å²) in [5.74, 6) is -0.204. The molecule has 0 radical (unpaired) electrons. The number of hydrogen-bond donors (Lipinski definition) is 0. The normalized spacial score (nSPS) is 17.8. The van der Waals surface area contributed by atoms with E-state index in [0.29, 0.717) is 6.42 Å². The maximum Gasteiger partial charge on any atom is 0.244 e. The Balaban J connectivity index is 2.07. The monoisotopic (exact) mass is 358 g/mol. The molecule has 0 fully saturated rings. The van der Waals surface area contributed by atoms with Crippen LogP contribution in [0.5, 0.6) is 0 Å². The summed E-state index contributed by atoms with van der Waals surface area (Å²) in [5, 5.41) is 0. The molecule has 2 aromatic rings. The minimum Gasteiger partial charge on any atom is -0.347 e. The highest BCUT2D eigenvalue weighted by Gasteiger charge is 2.40. The van der Waals surface area contributed by atoms with Crippen LogP contribution in [0, 0.1) is 6.92 Å². The summed E-state index contributed by atoms with van der Waals surface area (Å²) in [4.78, 5) is 14.3. The molecule has 2 aromatic carbocycles. The molecule has 132 valence electrons. The van der Waals surface area contributed by atoms with Gasteiger partial charge in [0.05, 0.1) is 4.90 Å². The number of carbonyl (C=O) groups excluding carboxylic acids is 1. The molecule has 0 saturated carbocycles. The second kappa shape index (κ2) is 6.61. The number of amides is 1. The lowest BCUT2D eigenvalue weighted by Crippen LogP contribution is -2.52. The number of benzene rings is 2. The fourth-order valence-electron chi connectivity index (χ4n) is 3.11. The summed E-state index contributed by atoms with van der Waals surface area (Å²) in [5.41, 5.74) is 2.96. The molecular weight excluding hydrogens is 336 g/mol. The first-order valence-electron chi connectivity index (χ1n) is 8.17. The van der Waals surface area contributed by atoms with Gasteiger partial charge in [-0.05, 0) is 36.6 Å². The molecular formula is C19H22N2O3S. The van der Waals surface area contributed by atoms with Crippen LogP contribution in [0.25, 0.3) is 0 Å². The first-order valence-corrected chi connectivity index (χ1v) is 9.61. The first-order chi connectivity index (χ1) is 11.8. The molecule has 0 aromatic heterocycles. The zero-order chi connectivity index (χ0) is 18.2. The average molecular weight is 358 g/mol. The standard InChI is InChI=1S/C19H22N2O3S/c1-14-8-10-17(11-9-14)25(23,24)21-13-16-7-5-4-6-15(16)12-18(21)19(22)20(2)3/h4-11,18H,12-13H2,1-3H3/t18-/m0/s1. The van der Waals surface area contributed by atoms with Gasteiger partial charge in [0.25, 0.3) is 0 Å². The predicted molar refractivity (Wildman–Crippen MR) is 96.5 cm³/mol. The van der Waals surface area contributed by atoms with Crippen LogP contribution in [0.2, 0.25) is 0 Å². The van der Waals surface area contributed by atoms with Crippen LogP contribution in [0.15, 0.2) is 53.4 Å². The Morgan fingerprint density at radius 2 is 1.64 bits per heavy atom. The van der Waals surface area contributed by atoms with Crippen molar-refractivity contribution >= 4 is 15.9 Å². The van der Waals surface area contributed by atoms with Crippen molar-refractivity contribution in [3.63, 3.8) is 0 Å². The van der Waals surface area contributed by atoms with E-state index in [1.165, 1.54) is 9.21 Å². The van der Waals surface area contributed by atoms with Crippen molar-refractivity contribution in [3.05, 3.63) is 65.2 Å². The Hall–Kier alpha value is -2.18. The summed E-state index contributed by atoms with van der Waals surface area (Å²) in [6, 6.07) is 13.7. The van der Waals surface area contributed by atoms with E-state index >= 15 is 0 Å². The molecule has 3 rings (SSSR count). The second-order valence-corrected chi connectivity index (χ2v) is 8.48. The third kappa shape index (κ3) is 3.32. The van der Waals surface area contributed by atoms with E-state index in [2.05, 4.69) is 0 Å². The van der Waals surface area contributed by atoms with Gasteiger partial charge in [-0.15, -0.1) is 0 Å². The summed E-state index contributed by atoms with van der Waals surface area (Å²) >= 11 is 0. The Bertz CT molecular complexity index is 889. The highest BCUT2D eigenvalue weighted by atomic mass is 32.2. The SMILES string of the molecule is Cc1ccc(S(=O)(=O)N2Cc3ccccc3C[C@H]2C(=O)N(C)C)cc1. The highest BCUT2D eigenvalue weighted by Crippen LogP contribution is 2.29.